The number of benzene rings is 1. The minimum atomic E-state index is -0.0642. The molecule has 1 fully saturated rings. The Morgan fingerprint density at radius 3 is 2.41 bits per heavy atom. The fourth-order valence-electron chi connectivity index (χ4n) is 3.26. The number of nitrogens with zero attached hydrogens (tertiary/aromatic N) is 2. The second-order valence-electron chi connectivity index (χ2n) is 5.92. The molecular weight excluding hydrogens is 280 g/mol. The van der Waals surface area contributed by atoms with Gasteiger partial charge in [0.2, 0.25) is 11.8 Å². The van der Waals surface area contributed by atoms with Crippen molar-refractivity contribution in [3.63, 3.8) is 0 Å². The Bertz CT molecular complexity index is 567. The number of hydrogen-bond donors (Lipinski definition) is 0. The highest BCUT2D eigenvalue weighted by molar-refractivity contribution is 6.02. The highest BCUT2D eigenvalue weighted by Crippen LogP contribution is 2.33. The van der Waals surface area contributed by atoms with E-state index in [2.05, 4.69) is 0 Å². The number of hydrogen-bond acceptors (Lipinski definition) is 3. The molecule has 0 bridgehead atoms. The maximum absolute atomic E-state index is 12.9. The first-order valence-electron chi connectivity index (χ1n) is 7.95. The van der Waals surface area contributed by atoms with Crippen molar-refractivity contribution < 1.29 is 14.3 Å². The SMILES string of the molecule is CC(=O)N1CCCN(C(=O)C2CCCOC2)c2ccccc21. The van der Waals surface area contributed by atoms with Crippen molar-refractivity contribution in [2.24, 2.45) is 5.92 Å². The van der Waals surface area contributed by atoms with Crippen LogP contribution in [0.3, 0.4) is 0 Å². The van der Waals surface area contributed by atoms with Crippen LogP contribution in [0.25, 0.3) is 0 Å². The second kappa shape index (κ2) is 6.48. The molecule has 1 aromatic rings. The summed E-state index contributed by atoms with van der Waals surface area (Å²) < 4.78 is 5.46. The van der Waals surface area contributed by atoms with Crippen LogP contribution in [-0.2, 0) is 14.3 Å². The van der Waals surface area contributed by atoms with Gasteiger partial charge in [-0.15, -0.1) is 0 Å². The zero-order chi connectivity index (χ0) is 15.5. The summed E-state index contributed by atoms with van der Waals surface area (Å²) in [5.74, 6) is 0.0750. The predicted molar refractivity (Wildman–Crippen MR) is 85.0 cm³/mol. The Kier molecular flexibility index (Phi) is 4.43. The molecule has 1 atom stereocenters. The Morgan fingerprint density at radius 2 is 1.77 bits per heavy atom. The lowest BCUT2D eigenvalue weighted by Crippen LogP contribution is -2.40. The molecule has 3 rings (SSSR count). The average molecular weight is 302 g/mol. The molecule has 1 saturated heterocycles. The smallest absolute Gasteiger partial charge is 0.232 e. The van der Waals surface area contributed by atoms with Gasteiger partial charge in [-0.25, -0.2) is 0 Å². The number of fused-ring (bicyclic) bond motifs is 1. The molecule has 2 aliphatic heterocycles. The summed E-state index contributed by atoms with van der Waals surface area (Å²) in [6, 6.07) is 7.67. The van der Waals surface area contributed by atoms with Crippen LogP contribution in [0, 0.1) is 5.92 Å². The quantitative estimate of drug-likeness (QED) is 0.799. The second-order valence-corrected chi connectivity index (χ2v) is 5.92. The van der Waals surface area contributed by atoms with Crippen molar-refractivity contribution in [1.29, 1.82) is 0 Å². The van der Waals surface area contributed by atoms with Gasteiger partial charge >= 0.3 is 0 Å². The number of ether oxygens (including phenoxy) is 1. The number of rotatable bonds is 1. The first-order chi connectivity index (χ1) is 10.7. The summed E-state index contributed by atoms with van der Waals surface area (Å²) in [7, 11) is 0. The first-order valence-corrected chi connectivity index (χ1v) is 7.95. The number of carbonyl (C=O) groups is 2. The van der Waals surface area contributed by atoms with Crippen LogP contribution in [-0.4, -0.2) is 38.1 Å². The standard InChI is InChI=1S/C17H22N2O3/c1-13(20)18-9-5-10-19(16-8-3-2-7-15(16)18)17(21)14-6-4-11-22-12-14/h2-3,7-8,14H,4-6,9-12H2,1H3. The lowest BCUT2D eigenvalue weighted by Gasteiger charge is -2.29. The highest BCUT2D eigenvalue weighted by atomic mass is 16.5. The van der Waals surface area contributed by atoms with Gasteiger partial charge in [0.05, 0.1) is 23.9 Å². The van der Waals surface area contributed by atoms with Gasteiger partial charge in [-0.1, -0.05) is 12.1 Å². The predicted octanol–water partition coefficient (Wildman–Crippen LogP) is 2.20. The van der Waals surface area contributed by atoms with E-state index >= 15 is 0 Å². The molecule has 5 heteroatoms. The zero-order valence-electron chi connectivity index (χ0n) is 13.0. The minimum Gasteiger partial charge on any atom is -0.381 e. The molecule has 0 aromatic heterocycles. The van der Waals surface area contributed by atoms with E-state index in [0.717, 1.165) is 37.2 Å². The summed E-state index contributed by atoms with van der Waals surface area (Å²) in [4.78, 5) is 28.4. The lowest BCUT2D eigenvalue weighted by molar-refractivity contribution is -0.126. The summed E-state index contributed by atoms with van der Waals surface area (Å²) >= 11 is 0. The monoisotopic (exact) mass is 302 g/mol. The van der Waals surface area contributed by atoms with Crippen LogP contribution < -0.4 is 9.80 Å². The summed E-state index contributed by atoms with van der Waals surface area (Å²) in [5.41, 5.74) is 1.67. The minimum absolute atomic E-state index is 0.0164. The van der Waals surface area contributed by atoms with Crippen molar-refractivity contribution >= 4 is 23.2 Å². The van der Waals surface area contributed by atoms with Crippen molar-refractivity contribution in [3.05, 3.63) is 24.3 Å². The number of para-hydroxylation sites is 2. The van der Waals surface area contributed by atoms with Crippen LogP contribution in [0.15, 0.2) is 24.3 Å². The molecule has 0 N–H and O–H groups in total. The van der Waals surface area contributed by atoms with E-state index in [-0.39, 0.29) is 17.7 Å². The van der Waals surface area contributed by atoms with Crippen molar-refractivity contribution in [2.45, 2.75) is 26.2 Å². The third-order valence-electron chi connectivity index (χ3n) is 4.38. The van der Waals surface area contributed by atoms with Gasteiger partial charge < -0.3 is 14.5 Å². The van der Waals surface area contributed by atoms with Crippen LogP contribution in [0.1, 0.15) is 26.2 Å². The van der Waals surface area contributed by atoms with E-state index in [4.69, 9.17) is 4.74 Å². The van der Waals surface area contributed by atoms with Gasteiger partial charge in [0.25, 0.3) is 0 Å². The van der Waals surface area contributed by atoms with Crippen LogP contribution in [0.4, 0.5) is 11.4 Å². The van der Waals surface area contributed by atoms with E-state index in [1.165, 1.54) is 0 Å². The average Bonchev–Trinajstić information content (AvgIpc) is 2.74. The summed E-state index contributed by atoms with van der Waals surface area (Å²) in [5, 5.41) is 0. The molecule has 1 aromatic carbocycles. The van der Waals surface area contributed by atoms with Gasteiger partial charge in [0.15, 0.2) is 0 Å². The Labute approximate surface area is 130 Å². The molecule has 22 heavy (non-hydrogen) atoms. The molecule has 0 aliphatic carbocycles. The van der Waals surface area contributed by atoms with Crippen molar-refractivity contribution in [2.75, 3.05) is 36.1 Å². The van der Waals surface area contributed by atoms with Crippen LogP contribution in [0.2, 0.25) is 0 Å². The van der Waals surface area contributed by atoms with E-state index in [1.807, 2.05) is 29.2 Å². The van der Waals surface area contributed by atoms with Gasteiger partial charge in [0, 0.05) is 26.6 Å². The normalized spacial score (nSPS) is 22.0. The topological polar surface area (TPSA) is 49.9 Å². The molecule has 0 spiro atoms. The van der Waals surface area contributed by atoms with Gasteiger partial charge in [-0.05, 0) is 31.4 Å². The zero-order valence-corrected chi connectivity index (χ0v) is 13.0. The highest BCUT2D eigenvalue weighted by Gasteiger charge is 2.31. The third-order valence-corrected chi connectivity index (χ3v) is 4.38. The Hall–Kier alpha value is -1.88. The maximum atomic E-state index is 12.9. The molecule has 2 aliphatic rings. The van der Waals surface area contributed by atoms with Crippen molar-refractivity contribution in [3.8, 4) is 0 Å². The molecule has 5 nitrogen and oxygen atoms in total. The fourth-order valence-corrected chi connectivity index (χ4v) is 3.26. The summed E-state index contributed by atoms with van der Waals surface area (Å²) in [6.07, 6.45) is 2.60. The van der Waals surface area contributed by atoms with Gasteiger partial charge in [0.1, 0.15) is 0 Å². The van der Waals surface area contributed by atoms with E-state index in [0.29, 0.717) is 19.7 Å². The fraction of sp³-hybridized carbons (Fsp3) is 0.529. The number of amides is 2. The number of anilines is 2. The maximum Gasteiger partial charge on any atom is 0.232 e. The van der Waals surface area contributed by atoms with E-state index in [9.17, 15) is 9.59 Å². The summed E-state index contributed by atoms with van der Waals surface area (Å²) in [6.45, 7) is 4.13. The molecular formula is C17H22N2O3. The third kappa shape index (κ3) is 2.86. The molecule has 1 unspecified atom stereocenters. The Morgan fingerprint density at radius 1 is 1.09 bits per heavy atom. The lowest BCUT2D eigenvalue weighted by atomic mass is 10.00. The molecule has 118 valence electrons. The van der Waals surface area contributed by atoms with Crippen LogP contribution >= 0.6 is 0 Å². The molecule has 2 amide bonds. The van der Waals surface area contributed by atoms with E-state index in [1.54, 1.807) is 11.8 Å². The van der Waals surface area contributed by atoms with Crippen molar-refractivity contribution in [1.82, 2.24) is 0 Å². The van der Waals surface area contributed by atoms with E-state index < -0.39 is 0 Å². The molecule has 0 saturated carbocycles. The van der Waals surface area contributed by atoms with Gasteiger partial charge in [-0.3, -0.25) is 9.59 Å². The number of carbonyl (C=O) groups excluding carboxylic acids is 2. The first kappa shape index (κ1) is 15.0. The molecule has 2 heterocycles. The van der Waals surface area contributed by atoms with Crippen LogP contribution in [0.5, 0.6) is 0 Å². The Balaban J connectivity index is 1.92. The largest absolute Gasteiger partial charge is 0.381 e. The van der Waals surface area contributed by atoms with Gasteiger partial charge in [-0.2, -0.15) is 0 Å². The molecule has 0 radical (unpaired) electrons.